The second-order valence-electron chi connectivity index (χ2n) is 6.65. The van der Waals surface area contributed by atoms with Crippen molar-refractivity contribution in [2.24, 2.45) is 11.8 Å². The van der Waals surface area contributed by atoms with Gasteiger partial charge >= 0.3 is 6.03 Å². The molecule has 2 heterocycles. The number of rotatable bonds is 3. The first-order valence-electron chi connectivity index (χ1n) is 8.52. The summed E-state index contributed by atoms with van der Waals surface area (Å²) in [6.45, 7) is 6.91. The number of hydrogen-bond acceptors (Lipinski definition) is 2. The van der Waals surface area contributed by atoms with E-state index in [9.17, 15) is 4.79 Å². The van der Waals surface area contributed by atoms with Crippen LogP contribution in [0.1, 0.15) is 24.0 Å². The van der Waals surface area contributed by atoms with Gasteiger partial charge in [0.15, 0.2) is 0 Å². The van der Waals surface area contributed by atoms with Crippen LogP contribution >= 0.6 is 0 Å². The average molecular weight is 301 g/mol. The number of benzene rings is 1. The van der Waals surface area contributed by atoms with Crippen molar-refractivity contribution in [1.82, 2.24) is 15.5 Å². The van der Waals surface area contributed by atoms with Gasteiger partial charge in [-0.25, -0.2) is 4.79 Å². The van der Waals surface area contributed by atoms with E-state index < -0.39 is 0 Å². The fourth-order valence-electron chi connectivity index (χ4n) is 3.73. The van der Waals surface area contributed by atoms with Crippen LogP contribution in [0.15, 0.2) is 24.3 Å². The lowest BCUT2D eigenvalue weighted by Gasteiger charge is -2.21. The molecule has 0 radical (unpaired) electrons. The Morgan fingerprint density at radius 2 is 1.91 bits per heavy atom. The van der Waals surface area contributed by atoms with Crippen molar-refractivity contribution in [3.8, 4) is 0 Å². The molecular formula is C18H27N3O. The number of amides is 2. The van der Waals surface area contributed by atoms with Crippen LogP contribution < -0.4 is 10.6 Å². The van der Waals surface area contributed by atoms with Gasteiger partial charge in [-0.15, -0.1) is 0 Å². The van der Waals surface area contributed by atoms with Crippen LogP contribution in [-0.2, 0) is 6.42 Å². The third kappa shape index (κ3) is 3.61. The molecule has 2 saturated heterocycles. The molecule has 3 rings (SSSR count). The van der Waals surface area contributed by atoms with Crippen molar-refractivity contribution in [1.29, 1.82) is 0 Å². The molecule has 2 amide bonds. The minimum Gasteiger partial charge on any atom is -0.338 e. The summed E-state index contributed by atoms with van der Waals surface area (Å²) >= 11 is 0. The third-order valence-electron chi connectivity index (χ3n) is 5.24. The summed E-state index contributed by atoms with van der Waals surface area (Å²) in [6, 6.07) is 8.49. The first-order valence-corrected chi connectivity index (χ1v) is 8.52. The predicted molar refractivity (Wildman–Crippen MR) is 88.9 cm³/mol. The molecule has 0 aromatic heterocycles. The Morgan fingerprint density at radius 3 is 2.59 bits per heavy atom. The zero-order valence-electron chi connectivity index (χ0n) is 13.5. The Bertz CT molecular complexity index is 503. The molecule has 2 N–H and O–H groups in total. The number of urea groups is 1. The number of fused-ring (bicyclic) bond motifs is 1. The highest BCUT2D eigenvalue weighted by atomic mass is 16.2. The summed E-state index contributed by atoms with van der Waals surface area (Å²) in [7, 11) is 0. The highest BCUT2D eigenvalue weighted by Crippen LogP contribution is 2.26. The Kier molecular flexibility index (Phi) is 4.98. The number of carbonyl (C=O) groups excluding carboxylic acids is 1. The largest absolute Gasteiger partial charge is 0.338 e. The smallest absolute Gasteiger partial charge is 0.317 e. The zero-order valence-corrected chi connectivity index (χ0v) is 13.5. The fourth-order valence-corrected chi connectivity index (χ4v) is 3.73. The predicted octanol–water partition coefficient (Wildman–Crippen LogP) is 2.18. The van der Waals surface area contributed by atoms with Crippen LogP contribution in [0.3, 0.4) is 0 Å². The van der Waals surface area contributed by atoms with Gasteiger partial charge < -0.3 is 15.5 Å². The van der Waals surface area contributed by atoms with Crippen molar-refractivity contribution < 1.29 is 4.79 Å². The summed E-state index contributed by atoms with van der Waals surface area (Å²) in [5, 5.41) is 6.57. The molecule has 4 nitrogen and oxygen atoms in total. The van der Waals surface area contributed by atoms with E-state index in [0.29, 0.717) is 6.54 Å². The van der Waals surface area contributed by atoms with Crippen LogP contribution in [-0.4, -0.2) is 43.7 Å². The maximum atomic E-state index is 12.3. The molecule has 2 atom stereocenters. The second kappa shape index (κ2) is 7.14. The summed E-state index contributed by atoms with van der Waals surface area (Å²) < 4.78 is 0. The van der Waals surface area contributed by atoms with Crippen LogP contribution in [0.5, 0.6) is 0 Å². The minimum absolute atomic E-state index is 0.113. The van der Waals surface area contributed by atoms with Crippen molar-refractivity contribution in [2.45, 2.75) is 26.2 Å². The summed E-state index contributed by atoms with van der Waals surface area (Å²) in [5.74, 6) is 1.54. The van der Waals surface area contributed by atoms with Crippen LogP contribution in [0.2, 0.25) is 0 Å². The normalized spacial score (nSPS) is 24.7. The molecule has 1 aromatic carbocycles. The van der Waals surface area contributed by atoms with Gasteiger partial charge in [-0.3, -0.25) is 0 Å². The van der Waals surface area contributed by atoms with Crippen molar-refractivity contribution in [3.63, 3.8) is 0 Å². The SMILES string of the molecule is Cc1ccccc1CCNC(=O)N1CC[C@@H]2CNC[C@@H]2CC1. The van der Waals surface area contributed by atoms with Gasteiger partial charge in [0.25, 0.3) is 0 Å². The number of likely N-dealkylation sites (tertiary alicyclic amines) is 1. The quantitative estimate of drug-likeness (QED) is 0.899. The Hall–Kier alpha value is -1.55. The molecule has 120 valence electrons. The lowest BCUT2D eigenvalue weighted by atomic mass is 9.92. The zero-order chi connectivity index (χ0) is 15.4. The molecule has 22 heavy (non-hydrogen) atoms. The molecule has 0 bridgehead atoms. The maximum absolute atomic E-state index is 12.3. The van der Waals surface area contributed by atoms with Crippen molar-refractivity contribution in [3.05, 3.63) is 35.4 Å². The van der Waals surface area contributed by atoms with Gasteiger partial charge in [0.05, 0.1) is 0 Å². The number of carbonyl (C=O) groups is 1. The lowest BCUT2D eigenvalue weighted by molar-refractivity contribution is 0.199. The molecule has 0 unspecified atom stereocenters. The van der Waals surface area contributed by atoms with E-state index in [1.54, 1.807) is 0 Å². The van der Waals surface area contributed by atoms with Crippen LogP contribution in [0, 0.1) is 18.8 Å². The highest BCUT2D eigenvalue weighted by Gasteiger charge is 2.31. The van der Waals surface area contributed by atoms with E-state index >= 15 is 0 Å². The molecule has 1 aromatic rings. The van der Waals surface area contributed by atoms with E-state index in [1.807, 2.05) is 4.90 Å². The van der Waals surface area contributed by atoms with Gasteiger partial charge in [0, 0.05) is 19.6 Å². The van der Waals surface area contributed by atoms with E-state index in [1.165, 1.54) is 11.1 Å². The van der Waals surface area contributed by atoms with Crippen LogP contribution in [0.4, 0.5) is 4.79 Å². The van der Waals surface area contributed by atoms with Crippen LogP contribution in [0.25, 0.3) is 0 Å². The van der Waals surface area contributed by atoms with Gasteiger partial charge in [-0.2, -0.15) is 0 Å². The summed E-state index contributed by atoms with van der Waals surface area (Å²) in [4.78, 5) is 14.4. The number of nitrogens with zero attached hydrogens (tertiary/aromatic N) is 1. The summed E-state index contributed by atoms with van der Waals surface area (Å²) in [6.07, 6.45) is 3.19. The molecule has 0 spiro atoms. The number of nitrogens with one attached hydrogen (secondary N) is 2. The number of hydrogen-bond donors (Lipinski definition) is 2. The molecule has 2 aliphatic heterocycles. The average Bonchev–Trinajstić information content (AvgIpc) is 2.87. The molecular weight excluding hydrogens is 274 g/mol. The van der Waals surface area contributed by atoms with E-state index in [0.717, 1.165) is 57.3 Å². The molecule has 0 saturated carbocycles. The van der Waals surface area contributed by atoms with Crippen molar-refractivity contribution >= 4 is 6.03 Å². The Labute approximate surface area is 133 Å². The van der Waals surface area contributed by atoms with Crippen molar-refractivity contribution in [2.75, 3.05) is 32.7 Å². The van der Waals surface area contributed by atoms with E-state index in [2.05, 4.69) is 41.8 Å². The third-order valence-corrected chi connectivity index (χ3v) is 5.24. The first-order chi connectivity index (χ1) is 10.7. The lowest BCUT2D eigenvalue weighted by Crippen LogP contribution is -2.41. The molecule has 4 heteroatoms. The Morgan fingerprint density at radius 1 is 1.23 bits per heavy atom. The molecule has 0 aliphatic carbocycles. The van der Waals surface area contributed by atoms with Gasteiger partial charge in [0.1, 0.15) is 0 Å². The Balaban J connectivity index is 1.45. The van der Waals surface area contributed by atoms with Gasteiger partial charge in [-0.1, -0.05) is 24.3 Å². The number of aryl methyl sites for hydroxylation is 1. The highest BCUT2D eigenvalue weighted by molar-refractivity contribution is 5.74. The molecule has 2 aliphatic rings. The molecule has 2 fully saturated rings. The minimum atomic E-state index is 0.113. The van der Waals surface area contributed by atoms with E-state index in [-0.39, 0.29) is 6.03 Å². The maximum Gasteiger partial charge on any atom is 0.317 e. The fraction of sp³-hybridized carbons (Fsp3) is 0.611. The monoisotopic (exact) mass is 301 g/mol. The summed E-state index contributed by atoms with van der Waals surface area (Å²) in [5.41, 5.74) is 2.62. The first kappa shape index (κ1) is 15.3. The van der Waals surface area contributed by atoms with Gasteiger partial charge in [0.2, 0.25) is 0 Å². The van der Waals surface area contributed by atoms with Gasteiger partial charge in [-0.05, 0) is 62.2 Å². The van der Waals surface area contributed by atoms with E-state index in [4.69, 9.17) is 0 Å². The standard InChI is InChI=1S/C18H27N3O/c1-14-4-2-3-5-15(14)6-9-20-18(22)21-10-7-16-12-19-13-17(16)8-11-21/h2-5,16-17,19H,6-13H2,1H3,(H,20,22)/t16-,17+. The topological polar surface area (TPSA) is 44.4 Å². The second-order valence-corrected chi connectivity index (χ2v) is 6.65.